The lowest BCUT2D eigenvalue weighted by Crippen LogP contribution is -2.34. The van der Waals surface area contributed by atoms with Crippen LogP contribution in [0.5, 0.6) is 0 Å². The Hall–Kier alpha value is -1.04. The molecule has 0 aliphatic carbocycles. The summed E-state index contributed by atoms with van der Waals surface area (Å²) in [6.07, 6.45) is 3.55. The molecule has 0 saturated carbocycles. The molecule has 2 N–H and O–H groups in total. The Balaban J connectivity index is 2.75. The minimum absolute atomic E-state index is 0.321. The molecule has 3 nitrogen and oxygen atoms in total. The molecule has 0 saturated heterocycles. The fourth-order valence-corrected chi connectivity index (χ4v) is 2.32. The Bertz CT molecular complexity index is 490. The van der Waals surface area contributed by atoms with E-state index in [4.69, 9.17) is 0 Å². The number of hydrogen-bond donors (Lipinski definition) is 2. The van der Waals surface area contributed by atoms with Gasteiger partial charge in [0.25, 0.3) is 0 Å². The smallest absolute Gasteiger partial charge is 0.422 e. The van der Waals surface area contributed by atoms with Crippen molar-refractivity contribution in [1.82, 2.24) is 4.98 Å². The Kier molecular flexibility index (Phi) is 2.95. The van der Waals surface area contributed by atoms with Crippen LogP contribution in [0.15, 0.2) is 35.4 Å². The second-order valence-corrected chi connectivity index (χ2v) is 3.95. The molecule has 0 radical (unpaired) electrons. The van der Waals surface area contributed by atoms with Gasteiger partial charge >= 0.3 is 7.12 Å². The van der Waals surface area contributed by atoms with Crippen molar-refractivity contribution in [3.63, 3.8) is 0 Å². The lowest BCUT2D eigenvalue weighted by Gasteiger charge is -2.08. The van der Waals surface area contributed by atoms with Gasteiger partial charge in [-0.2, -0.15) is 0 Å². The van der Waals surface area contributed by atoms with E-state index >= 15 is 0 Å². The van der Waals surface area contributed by atoms with Crippen molar-refractivity contribution in [2.24, 2.45) is 0 Å². The van der Waals surface area contributed by atoms with Gasteiger partial charge in [0.15, 0.2) is 0 Å². The first-order valence-corrected chi connectivity index (χ1v) is 5.74. The molecule has 0 aliphatic rings. The molecular formula is C10H10BNO2S. The van der Waals surface area contributed by atoms with E-state index in [-0.39, 0.29) is 0 Å². The number of fused-ring (bicyclic) bond motifs is 1. The van der Waals surface area contributed by atoms with Gasteiger partial charge in [0.1, 0.15) is 0 Å². The van der Waals surface area contributed by atoms with E-state index in [1.54, 1.807) is 6.20 Å². The standard InChI is InChI=1S/C10H10BNO2S/c1-15-9-8-5-3-2-4-7(8)6-12-10(9)11(13)14/h2-6,13-14H,1H3. The molecule has 0 atom stereocenters. The minimum atomic E-state index is -1.52. The van der Waals surface area contributed by atoms with E-state index in [0.717, 1.165) is 15.7 Å². The molecule has 0 amide bonds. The van der Waals surface area contributed by atoms with Crippen molar-refractivity contribution in [2.45, 2.75) is 4.90 Å². The molecule has 1 aromatic carbocycles. The van der Waals surface area contributed by atoms with E-state index in [1.165, 1.54) is 11.8 Å². The molecule has 5 heteroatoms. The molecule has 1 heterocycles. The van der Waals surface area contributed by atoms with Crippen molar-refractivity contribution in [1.29, 1.82) is 0 Å². The predicted octanol–water partition coefficient (Wildman–Crippen LogP) is 0.636. The van der Waals surface area contributed by atoms with E-state index in [2.05, 4.69) is 4.98 Å². The van der Waals surface area contributed by atoms with Gasteiger partial charge in [0.2, 0.25) is 0 Å². The van der Waals surface area contributed by atoms with Gasteiger partial charge in [-0.3, -0.25) is 4.98 Å². The Labute approximate surface area is 92.3 Å². The van der Waals surface area contributed by atoms with Gasteiger partial charge in [-0.05, 0) is 11.6 Å². The first-order valence-electron chi connectivity index (χ1n) is 4.52. The average molecular weight is 219 g/mol. The summed E-state index contributed by atoms with van der Waals surface area (Å²) in [4.78, 5) is 4.88. The summed E-state index contributed by atoms with van der Waals surface area (Å²) in [6.45, 7) is 0. The highest BCUT2D eigenvalue weighted by molar-refractivity contribution is 7.99. The van der Waals surface area contributed by atoms with Crippen LogP contribution in [-0.4, -0.2) is 28.4 Å². The van der Waals surface area contributed by atoms with Gasteiger partial charge in [-0.25, -0.2) is 0 Å². The van der Waals surface area contributed by atoms with E-state index < -0.39 is 7.12 Å². The molecule has 15 heavy (non-hydrogen) atoms. The zero-order chi connectivity index (χ0) is 10.8. The number of rotatable bonds is 2. The van der Waals surface area contributed by atoms with Crippen LogP contribution in [0.4, 0.5) is 0 Å². The third-order valence-corrected chi connectivity index (χ3v) is 3.07. The SMILES string of the molecule is CSc1c(B(O)O)ncc2ccccc12. The highest BCUT2D eigenvalue weighted by atomic mass is 32.2. The zero-order valence-electron chi connectivity index (χ0n) is 8.21. The number of aromatic nitrogens is 1. The van der Waals surface area contributed by atoms with Crippen LogP contribution < -0.4 is 5.59 Å². The maximum Gasteiger partial charge on any atom is 0.509 e. The van der Waals surface area contributed by atoms with Gasteiger partial charge in [0, 0.05) is 16.5 Å². The van der Waals surface area contributed by atoms with Crippen molar-refractivity contribution in [3.05, 3.63) is 30.5 Å². The van der Waals surface area contributed by atoms with Gasteiger partial charge < -0.3 is 10.0 Å². The van der Waals surface area contributed by atoms with E-state index in [9.17, 15) is 10.0 Å². The normalized spacial score (nSPS) is 10.6. The van der Waals surface area contributed by atoms with Gasteiger partial charge in [-0.1, -0.05) is 24.3 Å². The molecule has 1 aromatic heterocycles. The second-order valence-electron chi connectivity index (χ2n) is 3.14. The number of pyridine rings is 1. The van der Waals surface area contributed by atoms with Crippen LogP contribution in [0.2, 0.25) is 0 Å². The fraction of sp³-hybridized carbons (Fsp3) is 0.100. The van der Waals surface area contributed by atoms with Crippen LogP contribution in [0.3, 0.4) is 0 Å². The number of hydrogen-bond acceptors (Lipinski definition) is 4. The molecule has 0 aliphatic heterocycles. The largest absolute Gasteiger partial charge is 0.509 e. The molecule has 0 bridgehead atoms. The van der Waals surface area contributed by atoms with Crippen molar-refractivity contribution in [2.75, 3.05) is 6.26 Å². The van der Waals surface area contributed by atoms with Gasteiger partial charge in [0.05, 0.1) is 5.59 Å². The summed E-state index contributed by atoms with van der Waals surface area (Å²) in [5.74, 6) is 0. The highest BCUT2D eigenvalue weighted by Gasteiger charge is 2.19. The van der Waals surface area contributed by atoms with Crippen LogP contribution in [-0.2, 0) is 0 Å². The van der Waals surface area contributed by atoms with E-state index in [0.29, 0.717) is 5.59 Å². The van der Waals surface area contributed by atoms with Crippen LogP contribution >= 0.6 is 11.8 Å². The Morgan fingerprint density at radius 3 is 2.67 bits per heavy atom. The first kappa shape index (κ1) is 10.5. The van der Waals surface area contributed by atoms with Crippen molar-refractivity contribution in [3.8, 4) is 0 Å². The number of benzene rings is 1. The van der Waals surface area contributed by atoms with Crippen LogP contribution in [0.1, 0.15) is 0 Å². The average Bonchev–Trinajstić information content (AvgIpc) is 2.27. The molecule has 76 valence electrons. The fourth-order valence-electron chi connectivity index (χ4n) is 1.55. The molecule has 2 aromatic rings. The summed E-state index contributed by atoms with van der Waals surface area (Å²) < 4.78 is 0. The number of nitrogens with zero attached hydrogens (tertiary/aromatic N) is 1. The summed E-state index contributed by atoms with van der Waals surface area (Å²) in [5.41, 5.74) is 0.321. The third kappa shape index (κ3) is 1.86. The topological polar surface area (TPSA) is 53.4 Å². The van der Waals surface area contributed by atoms with Crippen molar-refractivity contribution < 1.29 is 10.0 Å². The first-order chi connectivity index (χ1) is 7.24. The quantitative estimate of drug-likeness (QED) is 0.574. The predicted molar refractivity (Wildman–Crippen MR) is 63.3 cm³/mol. The summed E-state index contributed by atoms with van der Waals surface area (Å²) in [6, 6.07) is 7.77. The van der Waals surface area contributed by atoms with Gasteiger partial charge in [-0.15, -0.1) is 11.8 Å². The molecule has 0 fully saturated rings. The lowest BCUT2D eigenvalue weighted by atomic mass is 9.84. The summed E-state index contributed by atoms with van der Waals surface area (Å²) in [5, 5.41) is 20.4. The highest BCUT2D eigenvalue weighted by Crippen LogP contribution is 2.23. The monoisotopic (exact) mass is 219 g/mol. The van der Waals surface area contributed by atoms with E-state index in [1.807, 2.05) is 30.5 Å². The molecule has 0 unspecified atom stereocenters. The summed E-state index contributed by atoms with van der Waals surface area (Å²) >= 11 is 1.47. The zero-order valence-corrected chi connectivity index (χ0v) is 9.03. The third-order valence-electron chi connectivity index (χ3n) is 2.23. The summed E-state index contributed by atoms with van der Waals surface area (Å²) in [7, 11) is -1.52. The van der Waals surface area contributed by atoms with Crippen LogP contribution in [0, 0.1) is 0 Å². The second kappa shape index (κ2) is 4.22. The molecule has 2 rings (SSSR count). The lowest BCUT2D eigenvalue weighted by molar-refractivity contribution is 0.423. The maximum absolute atomic E-state index is 9.17. The van der Waals surface area contributed by atoms with Crippen LogP contribution in [0.25, 0.3) is 10.8 Å². The molecule has 0 spiro atoms. The minimum Gasteiger partial charge on any atom is -0.422 e. The van der Waals surface area contributed by atoms with Crippen molar-refractivity contribution >= 4 is 35.2 Å². The molecular weight excluding hydrogens is 209 g/mol. The maximum atomic E-state index is 9.17. The number of thioether (sulfide) groups is 1. The Morgan fingerprint density at radius 1 is 1.27 bits per heavy atom. The Morgan fingerprint density at radius 2 is 2.00 bits per heavy atom.